The zero-order chi connectivity index (χ0) is 15.6. The Balaban J connectivity index is 2.26. The molecule has 9 heteroatoms. The molecule has 0 saturated heterocycles. The van der Waals surface area contributed by atoms with E-state index in [-0.39, 0.29) is 17.0 Å². The molecule has 0 saturated carbocycles. The first-order chi connectivity index (χ1) is 9.79. The molecule has 112 valence electrons. The van der Waals surface area contributed by atoms with E-state index >= 15 is 0 Å². The van der Waals surface area contributed by atoms with Crippen molar-refractivity contribution in [3.63, 3.8) is 0 Å². The quantitative estimate of drug-likeness (QED) is 0.724. The van der Waals surface area contributed by atoms with Crippen molar-refractivity contribution in [2.24, 2.45) is 0 Å². The van der Waals surface area contributed by atoms with Crippen LogP contribution in [-0.2, 0) is 16.6 Å². The summed E-state index contributed by atoms with van der Waals surface area (Å²) in [5, 5.41) is 8.94. The van der Waals surface area contributed by atoms with E-state index in [1.807, 2.05) is 6.07 Å². The van der Waals surface area contributed by atoms with Gasteiger partial charge in [0, 0.05) is 15.9 Å². The molecular weight excluding hydrogens is 446 g/mol. The molecule has 21 heavy (non-hydrogen) atoms. The van der Waals surface area contributed by atoms with Gasteiger partial charge in [0.1, 0.15) is 0 Å². The second-order valence-electron chi connectivity index (χ2n) is 3.98. The first-order valence-electron chi connectivity index (χ1n) is 5.56. The number of nitrogens with one attached hydrogen (secondary N) is 1. The van der Waals surface area contributed by atoms with E-state index in [9.17, 15) is 13.2 Å². The number of thiophene rings is 1. The third-order valence-electron chi connectivity index (χ3n) is 2.53. The van der Waals surface area contributed by atoms with E-state index < -0.39 is 16.0 Å². The average Bonchev–Trinajstić information content (AvgIpc) is 2.82. The standard InChI is InChI=1S/C12H9Br2NO4S2/c13-9-3-1-7(12(16)17)5-10(9)21(18,19)15-6-8-2-4-11(14)20-8/h1-5,15H,6H2,(H,16,17). The largest absolute Gasteiger partial charge is 0.478 e. The molecule has 0 aliphatic rings. The van der Waals surface area contributed by atoms with E-state index in [0.29, 0.717) is 4.47 Å². The van der Waals surface area contributed by atoms with Gasteiger partial charge in [-0.1, -0.05) is 0 Å². The van der Waals surface area contributed by atoms with Crippen LogP contribution in [0.15, 0.2) is 43.5 Å². The Kier molecular flexibility index (Phi) is 5.20. The second-order valence-corrected chi connectivity index (χ2v) is 9.12. The summed E-state index contributed by atoms with van der Waals surface area (Å²) in [4.78, 5) is 11.7. The van der Waals surface area contributed by atoms with Gasteiger partial charge in [-0.05, 0) is 62.2 Å². The van der Waals surface area contributed by atoms with Crippen LogP contribution in [0.3, 0.4) is 0 Å². The Morgan fingerprint density at radius 1 is 1.24 bits per heavy atom. The molecule has 2 N–H and O–H groups in total. The van der Waals surface area contributed by atoms with Crippen LogP contribution in [0.25, 0.3) is 0 Å². The minimum absolute atomic E-state index is 0.0857. The molecule has 2 aromatic rings. The fraction of sp³-hybridized carbons (Fsp3) is 0.0833. The number of aromatic carboxylic acids is 1. The zero-order valence-corrected chi connectivity index (χ0v) is 15.1. The van der Waals surface area contributed by atoms with Gasteiger partial charge in [-0.2, -0.15) is 0 Å². The van der Waals surface area contributed by atoms with Crippen LogP contribution in [0.2, 0.25) is 0 Å². The summed E-state index contributed by atoms with van der Waals surface area (Å²) < 4.78 is 28.2. The van der Waals surface area contributed by atoms with Gasteiger partial charge < -0.3 is 5.11 Å². The Morgan fingerprint density at radius 2 is 1.95 bits per heavy atom. The van der Waals surface area contributed by atoms with E-state index in [2.05, 4.69) is 36.6 Å². The first-order valence-corrected chi connectivity index (χ1v) is 9.45. The highest BCUT2D eigenvalue weighted by Gasteiger charge is 2.19. The number of carboxylic acid groups (broad SMARTS) is 1. The summed E-state index contributed by atoms with van der Waals surface area (Å²) >= 11 is 7.85. The minimum Gasteiger partial charge on any atom is -0.478 e. The van der Waals surface area contributed by atoms with Crippen LogP contribution in [0.4, 0.5) is 0 Å². The molecule has 1 aromatic heterocycles. The van der Waals surface area contributed by atoms with Crippen LogP contribution in [0, 0.1) is 0 Å². The van der Waals surface area contributed by atoms with Gasteiger partial charge in [-0.3, -0.25) is 0 Å². The van der Waals surface area contributed by atoms with Gasteiger partial charge in [-0.15, -0.1) is 11.3 Å². The maximum absolute atomic E-state index is 12.3. The van der Waals surface area contributed by atoms with Crippen molar-refractivity contribution in [1.82, 2.24) is 4.72 Å². The van der Waals surface area contributed by atoms with Crippen LogP contribution in [0.1, 0.15) is 15.2 Å². The summed E-state index contributed by atoms with van der Waals surface area (Å²) in [6.45, 7) is 0.141. The molecule has 5 nitrogen and oxygen atoms in total. The Morgan fingerprint density at radius 3 is 2.52 bits per heavy atom. The zero-order valence-electron chi connectivity index (χ0n) is 10.3. The van der Waals surface area contributed by atoms with Crippen molar-refractivity contribution in [2.45, 2.75) is 11.4 Å². The molecule has 0 unspecified atom stereocenters. The van der Waals surface area contributed by atoms with Gasteiger partial charge in [0.25, 0.3) is 0 Å². The normalized spacial score (nSPS) is 11.5. The fourth-order valence-corrected chi connectivity index (χ4v) is 5.04. The Bertz CT molecular complexity index is 786. The molecule has 1 aromatic carbocycles. The lowest BCUT2D eigenvalue weighted by Gasteiger charge is -2.08. The number of benzene rings is 1. The van der Waals surface area contributed by atoms with Crippen molar-refractivity contribution in [1.29, 1.82) is 0 Å². The van der Waals surface area contributed by atoms with Crippen molar-refractivity contribution in [2.75, 3.05) is 0 Å². The van der Waals surface area contributed by atoms with E-state index in [0.717, 1.165) is 14.7 Å². The molecule has 0 radical (unpaired) electrons. The molecule has 0 bridgehead atoms. The predicted molar refractivity (Wildman–Crippen MR) is 87.1 cm³/mol. The van der Waals surface area contributed by atoms with Gasteiger partial charge in [0.2, 0.25) is 10.0 Å². The van der Waals surface area contributed by atoms with Crippen molar-refractivity contribution < 1.29 is 18.3 Å². The summed E-state index contributed by atoms with van der Waals surface area (Å²) in [5.74, 6) is -1.18. The third-order valence-corrected chi connectivity index (χ3v) is 6.55. The molecule has 2 rings (SSSR count). The Labute approximate surface area is 142 Å². The van der Waals surface area contributed by atoms with Crippen LogP contribution >= 0.6 is 43.2 Å². The Hall–Kier alpha value is -0.740. The second kappa shape index (κ2) is 6.57. The van der Waals surface area contributed by atoms with Gasteiger partial charge in [0.15, 0.2) is 0 Å². The predicted octanol–water partition coefficient (Wildman–Crippen LogP) is 3.45. The molecule has 0 atom stereocenters. The molecule has 0 fully saturated rings. The maximum atomic E-state index is 12.3. The number of carbonyl (C=O) groups is 1. The van der Waals surface area contributed by atoms with Crippen LogP contribution in [0.5, 0.6) is 0 Å². The highest BCUT2D eigenvalue weighted by Crippen LogP contribution is 2.25. The molecule has 0 amide bonds. The third kappa shape index (κ3) is 4.13. The van der Waals surface area contributed by atoms with Crippen molar-refractivity contribution >= 4 is 59.2 Å². The summed E-state index contributed by atoms with van der Waals surface area (Å²) in [6.07, 6.45) is 0. The maximum Gasteiger partial charge on any atom is 0.335 e. The number of carboxylic acids is 1. The van der Waals surface area contributed by atoms with E-state index in [1.54, 1.807) is 6.07 Å². The number of rotatable bonds is 5. The number of halogens is 2. The van der Waals surface area contributed by atoms with Gasteiger partial charge in [0.05, 0.1) is 14.2 Å². The number of hydrogen-bond acceptors (Lipinski definition) is 4. The summed E-state index contributed by atoms with van der Waals surface area (Å²) in [5.41, 5.74) is -0.0857. The highest BCUT2D eigenvalue weighted by atomic mass is 79.9. The lowest BCUT2D eigenvalue weighted by Crippen LogP contribution is -2.23. The van der Waals surface area contributed by atoms with Crippen molar-refractivity contribution in [3.05, 3.63) is 49.0 Å². The summed E-state index contributed by atoms with van der Waals surface area (Å²) in [6, 6.07) is 7.50. The average molecular weight is 455 g/mol. The topological polar surface area (TPSA) is 83.5 Å². The minimum atomic E-state index is -3.80. The van der Waals surface area contributed by atoms with E-state index in [1.165, 1.54) is 23.5 Å². The smallest absolute Gasteiger partial charge is 0.335 e. The number of hydrogen-bond donors (Lipinski definition) is 2. The SMILES string of the molecule is O=C(O)c1ccc(Br)c(S(=O)(=O)NCc2ccc(Br)s2)c1. The van der Waals surface area contributed by atoms with E-state index in [4.69, 9.17) is 5.11 Å². The lowest BCUT2D eigenvalue weighted by atomic mass is 10.2. The molecule has 0 aliphatic heterocycles. The fourth-order valence-electron chi connectivity index (χ4n) is 1.53. The van der Waals surface area contributed by atoms with Gasteiger partial charge >= 0.3 is 5.97 Å². The lowest BCUT2D eigenvalue weighted by molar-refractivity contribution is 0.0696. The van der Waals surface area contributed by atoms with Crippen molar-refractivity contribution in [3.8, 4) is 0 Å². The summed E-state index contributed by atoms with van der Waals surface area (Å²) in [7, 11) is -3.80. The monoisotopic (exact) mass is 453 g/mol. The highest BCUT2D eigenvalue weighted by molar-refractivity contribution is 9.11. The van der Waals surface area contributed by atoms with Crippen LogP contribution < -0.4 is 4.72 Å². The number of sulfonamides is 1. The van der Waals surface area contributed by atoms with Gasteiger partial charge in [-0.25, -0.2) is 17.9 Å². The molecule has 0 aliphatic carbocycles. The first kappa shape index (κ1) is 16.6. The molecule has 0 spiro atoms. The molecular formula is C12H9Br2NO4S2. The van der Waals surface area contributed by atoms with Crippen LogP contribution in [-0.4, -0.2) is 19.5 Å². The molecule has 1 heterocycles.